The summed E-state index contributed by atoms with van der Waals surface area (Å²) in [5, 5.41) is 2.74. The summed E-state index contributed by atoms with van der Waals surface area (Å²) >= 11 is 0.951. The van der Waals surface area contributed by atoms with E-state index in [1.165, 1.54) is 24.3 Å². The first kappa shape index (κ1) is 23.2. The van der Waals surface area contributed by atoms with Crippen LogP contribution in [0, 0.1) is 5.82 Å². The zero-order valence-electron chi connectivity index (χ0n) is 17.8. The highest BCUT2D eigenvalue weighted by atomic mass is 32.1. The van der Waals surface area contributed by atoms with Crippen molar-refractivity contribution in [1.29, 1.82) is 0 Å². The van der Waals surface area contributed by atoms with Crippen molar-refractivity contribution < 1.29 is 36.3 Å². The molecule has 0 fully saturated rings. The van der Waals surface area contributed by atoms with Crippen LogP contribution in [-0.4, -0.2) is 22.4 Å². The van der Waals surface area contributed by atoms with E-state index in [0.717, 1.165) is 28.2 Å². The molecule has 5 aromatic rings. The van der Waals surface area contributed by atoms with Crippen LogP contribution in [0.3, 0.4) is 0 Å². The number of nitrogen functional groups attached to an aromatic ring is 1. The summed E-state index contributed by atoms with van der Waals surface area (Å²) in [6.07, 6.45) is -4.87. The van der Waals surface area contributed by atoms with Crippen molar-refractivity contribution in [2.75, 3.05) is 5.73 Å². The lowest BCUT2D eigenvalue weighted by Crippen LogP contribution is -2.41. The molecule has 0 saturated carbocycles. The zero-order chi connectivity index (χ0) is 25.6. The van der Waals surface area contributed by atoms with E-state index in [0.29, 0.717) is 21.5 Å². The number of benzene rings is 2. The largest absolute Gasteiger partial charge is 0.573 e. The number of pyridine rings is 1. The Balaban J connectivity index is 1.52. The molecule has 5 rings (SSSR count). The van der Waals surface area contributed by atoms with Crippen LogP contribution in [0.2, 0.25) is 0 Å². The van der Waals surface area contributed by atoms with Gasteiger partial charge in [0.05, 0.1) is 11.4 Å². The predicted octanol–water partition coefficient (Wildman–Crippen LogP) is 4.37. The fourth-order valence-electron chi connectivity index (χ4n) is 3.50. The Kier molecular flexibility index (Phi) is 5.55. The first-order chi connectivity index (χ1) is 17.1. The SMILES string of the molecule is Nc1c(C(=O)c2c(=O)o[nH][n+]2-c2ccc(OC(F)(F)F)cc2)sc2nc(-c3ccc(F)cc3)ccc12. The first-order valence-corrected chi connectivity index (χ1v) is 10.9. The molecule has 0 radical (unpaired) electrons. The number of nitrogens with zero attached hydrogens (tertiary/aromatic N) is 2. The molecule has 0 unspecified atom stereocenters. The van der Waals surface area contributed by atoms with E-state index in [1.807, 2.05) is 0 Å². The number of anilines is 1. The molecule has 182 valence electrons. The van der Waals surface area contributed by atoms with Gasteiger partial charge in [-0.1, -0.05) is 0 Å². The molecule has 0 bridgehead atoms. The molecular weight excluding hydrogens is 504 g/mol. The number of thiophene rings is 1. The van der Waals surface area contributed by atoms with E-state index in [2.05, 4.69) is 15.0 Å². The fraction of sp³-hybridized carbons (Fsp3) is 0.0435. The van der Waals surface area contributed by atoms with Crippen molar-refractivity contribution in [1.82, 2.24) is 10.3 Å². The predicted molar refractivity (Wildman–Crippen MR) is 120 cm³/mol. The number of carbonyl (C=O) groups is 1. The van der Waals surface area contributed by atoms with Crippen LogP contribution < -0.4 is 20.8 Å². The molecule has 0 saturated heterocycles. The van der Waals surface area contributed by atoms with Gasteiger partial charge in [-0.2, -0.15) is 0 Å². The van der Waals surface area contributed by atoms with Crippen molar-refractivity contribution in [3.63, 3.8) is 0 Å². The first-order valence-electron chi connectivity index (χ1n) is 10.1. The number of aromatic amines is 1. The van der Waals surface area contributed by atoms with Gasteiger partial charge in [-0.05, 0) is 58.5 Å². The molecule has 0 aliphatic carbocycles. The van der Waals surface area contributed by atoms with E-state index < -0.39 is 35.0 Å². The van der Waals surface area contributed by atoms with Gasteiger partial charge in [0.1, 0.15) is 21.3 Å². The molecule has 8 nitrogen and oxygen atoms in total. The van der Waals surface area contributed by atoms with E-state index in [4.69, 9.17) is 10.3 Å². The number of aromatic nitrogens is 3. The van der Waals surface area contributed by atoms with Crippen molar-refractivity contribution >= 4 is 33.0 Å². The number of ketones is 1. The summed E-state index contributed by atoms with van der Waals surface area (Å²) in [6.45, 7) is 0. The van der Waals surface area contributed by atoms with Crippen LogP contribution in [0.4, 0.5) is 23.2 Å². The van der Waals surface area contributed by atoms with Crippen LogP contribution in [0.15, 0.2) is 70.0 Å². The number of ether oxygens (including phenoxy) is 1. The zero-order valence-corrected chi connectivity index (χ0v) is 18.6. The summed E-state index contributed by atoms with van der Waals surface area (Å²) in [4.78, 5) is 30.7. The van der Waals surface area contributed by atoms with Crippen molar-refractivity contribution in [2.24, 2.45) is 0 Å². The molecule has 0 spiro atoms. The highest BCUT2D eigenvalue weighted by Gasteiger charge is 2.35. The molecule has 0 amide bonds. The Labute approximate surface area is 202 Å². The molecule has 13 heteroatoms. The number of nitrogens with one attached hydrogen (secondary N) is 1. The molecular formula is C23H13F4N4O4S+. The van der Waals surface area contributed by atoms with Gasteiger partial charge in [0.2, 0.25) is 5.69 Å². The highest BCUT2D eigenvalue weighted by Crippen LogP contribution is 2.35. The number of H-pyrrole nitrogens is 1. The number of carbonyl (C=O) groups excluding carboxylic acids is 1. The molecule has 3 N–H and O–H groups in total. The Morgan fingerprint density at radius 1 is 1.06 bits per heavy atom. The van der Waals surface area contributed by atoms with E-state index in [9.17, 15) is 27.2 Å². The second-order valence-corrected chi connectivity index (χ2v) is 8.44. The van der Waals surface area contributed by atoms with E-state index in [1.54, 1.807) is 24.3 Å². The number of alkyl halides is 3. The molecule has 0 atom stereocenters. The Morgan fingerprint density at radius 2 is 1.75 bits per heavy atom. The van der Waals surface area contributed by atoms with Crippen LogP contribution in [-0.2, 0) is 0 Å². The summed E-state index contributed by atoms with van der Waals surface area (Å²) < 4.78 is 60.1. The minimum atomic E-state index is -4.87. The van der Waals surface area contributed by atoms with Gasteiger partial charge in [-0.15, -0.1) is 24.5 Å². The second-order valence-electron chi connectivity index (χ2n) is 7.44. The maximum atomic E-state index is 13.3. The van der Waals surface area contributed by atoms with E-state index in [-0.39, 0.29) is 16.3 Å². The highest BCUT2D eigenvalue weighted by molar-refractivity contribution is 7.21. The summed E-state index contributed by atoms with van der Waals surface area (Å²) in [5.74, 6) is -1.65. The van der Waals surface area contributed by atoms with Crippen molar-refractivity contribution in [3.05, 3.63) is 87.5 Å². The third kappa shape index (κ3) is 4.31. The molecule has 2 aromatic carbocycles. The van der Waals surface area contributed by atoms with Gasteiger partial charge in [-0.3, -0.25) is 9.32 Å². The van der Waals surface area contributed by atoms with Gasteiger partial charge in [-0.25, -0.2) is 14.2 Å². The molecule has 0 aliphatic rings. The third-order valence-electron chi connectivity index (χ3n) is 5.13. The average Bonchev–Trinajstić information content (AvgIpc) is 3.38. The van der Waals surface area contributed by atoms with Gasteiger partial charge < -0.3 is 10.5 Å². The Morgan fingerprint density at radius 3 is 2.42 bits per heavy atom. The third-order valence-corrected chi connectivity index (χ3v) is 6.24. The lowest BCUT2D eigenvalue weighted by atomic mass is 10.1. The fourth-order valence-corrected chi connectivity index (χ4v) is 4.53. The van der Waals surface area contributed by atoms with Crippen LogP contribution in [0.25, 0.3) is 27.2 Å². The standard InChI is InChI=1S/C23H12F4N4O4S/c24-12-3-1-11(2-4-12)16-10-9-15-17(28)20(36-21(15)29-16)19(32)18-22(33)35-30-31(18)13-5-7-14(8-6-13)34-23(25,26)27/h1-10H,(H2-,28,30,32,33)/p+1. The lowest BCUT2D eigenvalue weighted by molar-refractivity contribution is -0.672. The van der Waals surface area contributed by atoms with E-state index >= 15 is 0 Å². The second kappa shape index (κ2) is 8.61. The summed E-state index contributed by atoms with van der Waals surface area (Å²) in [5.41, 5.74) is 6.15. The minimum Gasteiger partial charge on any atom is -0.406 e. The molecule has 3 aromatic heterocycles. The van der Waals surface area contributed by atoms with Crippen molar-refractivity contribution in [2.45, 2.75) is 6.36 Å². The summed E-state index contributed by atoms with van der Waals surface area (Å²) in [6, 6.07) is 13.5. The lowest BCUT2D eigenvalue weighted by Gasteiger charge is -2.07. The Hall–Kier alpha value is -4.52. The minimum absolute atomic E-state index is 0.0198. The normalized spacial score (nSPS) is 11.7. The van der Waals surface area contributed by atoms with Crippen molar-refractivity contribution in [3.8, 4) is 22.7 Å². The number of hydrogen-bond donors (Lipinski definition) is 2. The number of halogens is 4. The quantitative estimate of drug-likeness (QED) is 0.203. The smallest absolute Gasteiger partial charge is 0.406 e. The maximum Gasteiger partial charge on any atom is 0.573 e. The van der Waals surface area contributed by atoms with Gasteiger partial charge in [0.25, 0.3) is 5.78 Å². The average molecular weight is 517 g/mol. The maximum absolute atomic E-state index is 13.3. The number of rotatable bonds is 5. The molecule has 36 heavy (non-hydrogen) atoms. The monoisotopic (exact) mass is 517 g/mol. The number of hydrogen-bond acceptors (Lipinski definition) is 7. The van der Waals surface area contributed by atoms with Gasteiger partial charge >= 0.3 is 17.7 Å². The number of nitrogens with two attached hydrogens (primary N) is 1. The van der Waals surface area contributed by atoms with Crippen LogP contribution in [0.5, 0.6) is 5.75 Å². The van der Waals surface area contributed by atoms with Gasteiger partial charge in [0.15, 0.2) is 0 Å². The van der Waals surface area contributed by atoms with Crippen LogP contribution >= 0.6 is 11.3 Å². The van der Waals surface area contributed by atoms with Crippen LogP contribution in [0.1, 0.15) is 15.4 Å². The number of fused-ring (bicyclic) bond motifs is 1. The molecule has 0 aliphatic heterocycles. The molecule has 3 heterocycles. The van der Waals surface area contributed by atoms with Gasteiger partial charge in [0, 0.05) is 23.1 Å². The Bertz CT molecular complexity index is 1660. The summed E-state index contributed by atoms with van der Waals surface area (Å²) in [7, 11) is 0. The topological polar surface area (TPSA) is 115 Å².